The van der Waals surface area contributed by atoms with E-state index in [1.807, 2.05) is 31.2 Å². The van der Waals surface area contributed by atoms with Gasteiger partial charge in [0.05, 0.1) is 6.61 Å². The van der Waals surface area contributed by atoms with Gasteiger partial charge in [0.2, 0.25) is 5.91 Å². The molecule has 0 spiro atoms. The number of para-hydroxylation sites is 2. The highest BCUT2D eigenvalue weighted by Crippen LogP contribution is 2.29. The van der Waals surface area contributed by atoms with Gasteiger partial charge >= 0.3 is 6.09 Å². The third-order valence-electron chi connectivity index (χ3n) is 4.30. The Labute approximate surface area is 167 Å². The van der Waals surface area contributed by atoms with E-state index in [9.17, 15) is 9.59 Å². The number of rotatable bonds is 6. The number of hydrogen-bond acceptors (Lipinski definition) is 5. The number of likely N-dealkylation sites (tertiary alicyclic amines) is 1. The van der Waals surface area contributed by atoms with Crippen LogP contribution in [0.15, 0.2) is 24.3 Å². The summed E-state index contributed by atoms with van der Waals surface area (Å²) in [6, 6.07) is 6.99. The van der Waals surface area contributed by atoms with Gasteiger partial charge in [0.25, 0.3) is 0 Å². The molecule has 7 heteroatoms. The fourth-order valence-electron chi connectivity index (χ4n) is 3.02. The van der Waals surface area contributed by atoms with Crippen LogP contribution in [0.3, 0.4) is 0 Å². The van der Waals surface area contributed by atoms with E-state index in [2.05, 4.69) is 5.32 Å². The molecule has 0 bridgehead atoms. The van der Waals surface area contributed by atoms with Gasteiger partial charge in [-0.25, -0.2) is 4.79 Å². The molecule has 1 aromatic carbocycles. The molecule has 1 unspecified atom stereocenters. The molecular weight excluding hydrogens is 360 g/mol. The van der Waals surface area contributed by atoms with Gasteiger partial charge in [0.15, 0.2) is 11.5 Å². The van der Waals surface area contributed by atoms with Gasteiger partial charge in [-0.1, -0.05) is 12.1 Å². The molecule has 1 heterocycles. The first-order valence-corrected chi connectivity index (χ1v) is 9.86. The number of piperidine rings is 1. The van der Waals surface area contributed by atoms with Crippen LogP contribution < -0.4 is 14.8 Å². The largest absolute Gasteiger partial charge is 0.490 e. The van der Waals surface area contributed by atoms with E-state index < -0.39 is 17.7 Å². The molecule has 1 aliphatic heterocycles. The molecule has 1 saturated heterocycles. The maximum atomic E-state index is 12.6. The van der Waals surface area contributed by atoms with Crippen molar-refractivity contribution in [1.29, 1.82) is 0 Å². The summed E-state index contributed by atoms with van der Waals surface area (Å²) in [7, 11) is 0. The van der Waals surface area contributed by atoms with E-state index >= 15 is 0 Å². The van der Waals surface area contributed by atoms with E-state index in [4.69, 9.17) is 14.2 Å². The average molecular weight is 392 g/mol. The quantitative estimate of drug-likeness (QED) is 0.803. The van der Waals surface area contributed by atoms with Crippen LogP contribution >= 0.6 is 0 Å². The van der Waals surface area contributed by atoms with Crippen molar-refractivity contribution in [2.24, 2.45) is 0 Å². The van der Waals surface area contributed by atoms with Crippen LogP contribution in [0.5, 0.6) is 11.5 Å². The lowest BCUT2D eigenvalue weighted by molar-refractivity contribution is -0.134. The molecule has 1 aliphatic rings. The summed E-state index contributed by atoms with van der Waals surface area (Å²) in [5.74, 6) is 1.35. The maximum Gasteiger partial charge on any atom is 0.408 e. The van der Waals surface area contributed by atoms with Crippen molar-refractivity contribution in [3.05, 3.63) is 24.3 Å². The van der Waals surface area contributed by atoms with Crippen LogP contribution in [0.25, 0.3) is 0 Å². The Hall–Kier alpha value is -2.44. The fourth-order valence-corrected chi connectivity index (χ4v) is 3.02. The molecule has 0 saturated carbocycles. The highest BCUT2D eigenvalue weighted by Gasteiger charge is 2.29. The van der Waals surface area contributed by atoms with Crippen molar-refractivity contribution in [1.82, 2.24) is 10.2 Å². The SMILES string of the molecule is CCOc1ccccc1OC1CCN(C(=O)C(C)NC(=O)OC(C)(C)C)CC1. The molecule has 2 rings (SSSR count). The van der Waals surface area contributed by atoms with E-state index in [1.54, 1.807) is 32.6 Å². The third-order valence-corrected chi connectivity index (χ3v) is 4.30. The highest BCUT2D eigenvalue weighted by atomic mass is 16.6. The maximum absolute atomic E-state index is 12.6. The predicted octanol–water partition coefficient (Wildman–Crippen LogP) is 3.37. The van der Waals surface area contributed by atoms with E-state index in [0.29, 0.717) is 19.7 Å². The smallest absolute Gasteiger partial charge is 0.408 e. The van der Waals surface area contributed by atoms with Crippen molar-refractivity contribution in [2.45, 2.75) is 65.2 Å². The molecular formula is C21H32N2O5. The van der Waals surface area contributed by atoms with Crippen LogP contribution in [-0.4, -0.2) is 54.3 Å². The number of amides is 2. The molecule has 156 valence electrons. The Balaban J connectivity index is 1.83. The summed E-state index contributed by atoms with van der Waals surface area (Å²) in [6.07, 6.45) is 0.898. The minimum absolute atomic E-state index is 0.0276. The lowest BCUT2D eigenvalue weighted by Gasteiger charge is -2.34. The number of nitrogens with zero attached hydrogens (tertiary/aromatic N) is 1. The molecule has 7 nitrogen and oxygen atoms in total. The standard InChI is InChI=1S/C21H32N2O5/c1-6-26-17-9-7-8-10-18(17)27-16-11-13-23(14-12-16)19(24)15(2)22-20(25)28-21(3,4)5/h7-10,15-16H,6,11-14H2,1-5H3,(H,22,25). The van der Waals surface area contributed by atoms with E-state index in [0.717, 1.165) is 24.3 Å². The summed E-state index contributed by atoms with van der Waals surface area (Å²) >= 11 is 0. The Bertz CT molecular complexity index is 663. The second-order valence-corrected chi connectivity index (χ2v) is 7.89. The molecule has 1 atom stereocenters. The topological polar surface area (TPSA) is 77.1 Å². The zero-order valence-corrected chi connectivity index (χ0v) is 17.5. The van der Waals surface area contributed by atoms with Gasteiger partial charge in [-0.2, -0.15) is 0 Å². The molecule has 2 amide bonds. The van der Waals surface area contributed by atoms with Crippen molar-refractivity contribution in [3.63, 3.8) is 0 Å². The second kappa shape index (κ2) is 9.66. The molecule has 0 aromatic heterocycles. The van der Waals surface area contributed by atoms with E-state index in [-0.39, 0.29) is 12.0 Å². The first-order valence-electron chi connectivity index (χ1n) is 9.86. The first kappa shape index (κ1) is 21.9. The Morgan fingerprint density at radius 1 is 1.18 bits per heavy atom. The molecule has 28 heavy (non-hydrogen) atoms. The summed E-state index contributed by atoms with van der Waals surface area (Å²) < 4.78 is 16.9. The van der Waals surface area contributed by atoms with Crippen LogP contribution in [0, 0.1) is 0 Å². The number of benzene rings is 1. The monoisotopic (exact) mass is 392 g/mol. The molecule has 1 fully saturated rings. The minimum Gasteiger partial charge on any atom is -0.490 e. The van der Waals surface area contributed by atoms with Crippen molar-refractivity contribution in [2.75, 3.05) is 19.7 Å². The average Bonchev–Trinajstić information content (AvgIpc) is 2.62. The number of carbonyl (C=O) groups excluding carboxylic acids is 2. The zero-order valence-electron chi connectivity index (χ0n) is 17.5. The summed E-state index contributed by atoms with van der Waals surface area (Å²) in [6.45, 7) is 10.7. The molecule has 0 aliphatic carbocycles. The first-order chi connectivity index (χ1) is 13.2. The van der Waals surface area contributed by atoms with Crippen LogP contribution in [0.1, 0.15) is 47.5 Å². The van der Waals surface area contributed by atoms with Gasteiger partial charge in [-0.3, -0.25) is 4.79 Å². The van der Waals surface area contributed by atoms with Crippen LogP contribution in [0.4, 0.5) is 4.79 Å². The highest BCUT2D eigenvalue weighted by molar-refractivity contribution is 5.85. The number of nitrogens with one attached hydrogen (secondary N) is 1. The number of ether oxygens (including phenoxy) is 3. The number of hydrogen-bond donors (Lipinski definition) is 1. The fraction of sp³-hybridized carbons (Fsp3) is 0.619. The molecule has 0 radical (unpaired) electrons. The second-order valence-electron chi connectivity index (χ2n) is 7.89. The van der Waals surface area contributed by atoms with Crippen LogP contribution in [0.2, 0.25) is 0 Å². The van der Waals surface area contributed by atoms with Gasteiger partial charge in [-0.15, -0.1) is 0 Å². The van der Waals surface area contributed by atoms with Gasteiger partial charge in [0, 0.05) is 25.9 Å². The summed E-state index contributed by atoms with van der Waals surface area (Å²) in [5, 5.41) is 2.61. The molecule has 1 N–H and O–H groups in total. The molecule has 1 aromatic rings. The van der Waals surface area contributed by atoms with Crippen molar-refractivity contribution in [3.8, 4) is 11.5 Å². The minimum atomic E-state index is -0.633. The normalized spacial score (nSPS) is 16.2. The lowest BCUT2D eigenvalue weighted by Crippen LogP contribution is -2.51. The van der Waals surface area contributed by atoms with E-state index in [1.165, 1.54) is 0 Å². The Kier molecular flexibility index (Phi) is 7.54. The Morgan fingerprint density at radius 2 is 1.79 bits per heavy atom. The zero-order chi connectivity index (χ0) is 20.7. The number of alkyl carbamates (subject to hydrolysis) is 1. The summed E-state index contributed by atoms with van der Waals surface area (Å²) in [5.41, 5.74) is -0.597. The Morgan fingerprint density at radius 3 is 2.36 bits per heavy atom. The van der Waals surface area contributed by atoms with Gasteiger partial charge in [0.1, 0.15) is 17.7 Å². The number of carbonyl (C=O) groups is 2. The van der Waals surface area contributed by atoms with Crippen LogP contribution in [-0.2, 0) is 9.53 Å². The predicted molar refractivity (Wildman–Crippen MR) is 107 cm³/mol. The van der Waals surface area contributed by atoms with Crippen molar-refractivity contribution >= 4 is 12.0 Å². The van der Waals surface area contributed by atoms with Gasteiger partial charge in [-0.05, 0) is 46.8 Å². The summed E-state index contributed by atoms with van der Waals surface area (Å²) in [4.78, 5) is 26.2. The lowest BCUT2D eigenvalue weighted by atomic mass is 10.1. The third kappa shape index (κ3) is 6.62. The van der Waals surface area contributed by atoms with Gasteiger partial charge < -0.3 is 24.4 Å². The van der Waals surface area contributed by atoms with Crippen molar-refractivity contribution < 1.29 is 23.8 Å².